The molecule has 21 heavy (non-hydrogen) atoms. The van der Waals surface area contributed by atoms with Gasteiger partial charge in [0.25, 0.3) is 0 Å². The van der Waals surface area contributed by atoms with Gasteiger partial charge in [-0.05, 0) is 18.1 Å². The minimum atomic E-state index is -1.04. The lowest BCUT2D eigenvalue weighted by atomic mass is 10.1. The third-order valence-electron chi connectivity index (χ3n) is 3.32. The van der Waals surface area contributed by atoms with Crippen molar-refractivity contribution < 1.29 is 0 Å². The molecule has 0 aliphatic carbocycles. The van der Waals surface area contributed by atoms with E-state index in [-0.39, 0.29) is 0 Å². The second-order valence-electron chi connectivity index (χ2n) is 10.4. The van der Waals surface area contributed by atoms with Gasteiger partial charge in [0.05, 0.1) is 0 Å². The molecule has 0 unspecified atom stereocenters. The molecule has 0 aliphatic heterocycles. The Kier molecular flexibility index (Phi) is 5.90. The van der Waals surface area contributed by atoms with Crippen molar-refractivity contribution in [2.45, 2.75) is 77.1 Å². The Hall–Kier alpha value is -0.129. The van der Waals surface area contributed by atoms with Crippen molar-refractivity contribution in [3.8, 4) is 0 Å². The predicted octanol–water partition coefficient (Wildman–Crippen LogP) is 5.95. The summed E-state index contributed by atoms with van der Waals surface area (Å²) in [5, 5.41) is 0. The van der Waals surface area contributed by atoms with Crippen LogP contribution < -0.4 is 0 Å². The first-order chi connectivity index (χ1) is 9.23. The van der Waals surface area contributed by atoms with Crippen molar-refractivity contribution in [1.82, 2.24) is 0 Å². The quantitative estimate of drug-likeness (QED) is 0.563. The first-order valence-corrected chi connectivity index (χ1v) is 19.5. The Labute approximate surface area is 136 Å². The lowest BCUT2D eigenvalue weighted by molar-refractivity contribution is 1.19. The fourth-order valence-electron chi connectivity index (χ4n) is 2.98. The van der Waals surface area contributed by atoms with Crippen LogP contribution in [0, 0.1) is 0 Å². The maximum absolute atomic E-state index is 2.52. The van der Waals surface area contributed by atoms with Crippen LogP contribution in [0.3, 0.4) is 0 Å². The Morgan fingerprint density at radius 1 is 0.476 bits per heavy atom. The maximum Gasteiger partial charge on any atom is 0.0487 e. The topological polar surface area (TPSA) is 0 Å². The van der Waals surface area contributed by atoms with Gasteiger partial charge in [0, 0.05) is 24.2 Å². The van der Waals surface area contributed by atoms with E-state index in [1.54, 1.807) is 16.7 Å². The lowest BCUT2D eigenvalue weighted by Crippen LogP contribution is -2.27. The standard InChI is InChI=1S/C18H36Si3/c1-19(2,3)13-16-10-17(14-20(4,5)6)12-18(11-16)15-21(7,8)9/h10-12H,13-15H2,1-9H3. The molecule has 120 valence electrons. The Bertz CT molecular complexity index is 387. The lowest BCUT2D eigenvalue weighted by Gasteiger charge is -2.22. The van der Waals surface area contributed by atoms with Crippen LogP contribution in [0.2, 0.25) is 58.9 Å². The molecule has 1 rings (SSSR count). The zero-order valence-electron chi connectivity index (χ0n) is 15.9. The summed E-state index contributed by atoms with van der Waals surface area (Å²) in [5.74, 6) is 0. The summed E-state index contributed by atoms with van der Waals surface area (Å²) in [6, 6.07) is 11.5. The third kappa shape index (κ3) is 8.79. The van der Waals surface area contributed by atoms with E-state index in [1.165, 1.54) is 18.1 Å². The van der Waals surface area contributed by atoms with Crippen LogP contribution >= 0.6 is 0 Å². The van der Waals surface area contributed by atoms with Crippen molar-refractivity contribution >= 4 is 24.2 Å². The molecule has 0 aromatic heterocycles. The molecule has 0 nitrogen and oxygen atoms in total. The summed E-state index contributed by atoms with van der Waals surface area (Å²) < 4.78 is 0. The van der Waals surface area contributed by atoms with Crippen molar-refractivity contribution in [3.63, 3.8) is 0 Å². The zero-order valence-corrected chi connectivity index (χ0v) is 18.9. The molecule has 3 heteroatoms. The molecular formula is C18H36Si3. The number of hydrogen-bond donors (Lipinski definition) is 0. The average Bonchev–Trinajstić information content (AvgIpc) is 2.06. The monoisotopic (exact) mass is 336 g/mol. The van der Waals surface area contributed by atoms with Crippen molar-refractivity contribution in [2.24, 2.45) is 0 Å². The van der Waals surface area contributed by atoms with Gasteiger partial charge in [0.15, 0.2) is 0 Å². The molecule has 1 aromatic rings. The average molecular weight is 337 g/mol. The molecule has 0 spiro atoms. The minimum Gasteiger partial charge on any atom is -0.0693 e. The van der Waals surface area contributed by atoms with E-state index >= 15 is 0 Å². The third-order valence-corrected chi connectivity index (χ3v) is 7.72. The van der Waals surface area contributed by atoms with Crippen LogP contribution in [0.25, 0.3) is 0 Å². The highest BCUT2D eigenvalue weighted by Crippen LogP contribution is 2.22. The summed E-state index contributed by atoms with van der Waals surface area (Å²) >= 11 is 0. The molecule has 0 heterocycles. The van der Waals surface area contributed by atoms with Crippen LogP contribution in [-0.2, 0) is 18.1 Å². The summed E-state index contributed by atoms with van der Waals surface area (Å²) in [6.45, 7) is 22.3. The molecule has 0 amide bonds. The molecule has 0 bridgehead atoms. The van der Waals surface area contributed by atoms with Gasteiger partial charge in [0.1, 0.15) is 0 Å². The van der Waals surface area contributed by atoms with Gasteiger partial charge in [0.2, 0.25) is 0 Å². The van der Waals surface area contributed by atoms with E-state index in [0.717, 1.165) is 0 Å². The predicted molar refractivity (Wildman–Crippen MR) is 108 cm³/mol. The van der Waals surface area contributed by atoms with Crippen LogP contribution in [-0.4, -0.2) is 24.2 Å². The van der Waals surface area contributed by atoms with E-state index in [1.807, 2.05) is 0 Å². The molecule has 0 atom stereocenters. The highest BCUT2D eigenvalue weighted by molar-refractivity contribution is 6.76. The second-order valence-corrected chi connectivity index (χ2v) is 26.8. The van der Waals surface area contributed by atoms with Gasteiger partial charge >= 0.3 is 0 Å². The SMILES string of the molecule is C[Si](C)(C)Cc1cc(C[Si](C)(C)C)cc(C[Si](C)(C)C)c1. The Morgan fingerprint density at radius 2 is 0.667 bits per heavy atom. The smallest absolute Gasteiger partial charge is 0.0487 e. The highest BCUT2D eigenvalue weighted by Gasteiger charge is 2.20. The van der Waals surface area contributed by atoms with E-state index < -0.39 is 24.2 Å². The van der Waals surface area contributed by atoms with Crippen LogP contribution in [0.1, 0.15) is 16.7 Å². The van der Waals surface area contributed by atoms with Crippen LogP contribution in [0.5, 0.6) is 0 Å². The van der Waals surface area contributed by atoms with Gasteiger partial charge in [-0.3, -0.25) is 0 Å². The molecular weight excluding hydrogens is 300 g/mol. The summed E-state index contributed by atoms with van der Waals surface area (Å²) in [7, 11) is -3.12. The minimum absolute atomic E-state index is 1.04. The van der Waals surface area contributed by atoms with E-state index in [0.29, 0.717) is 0 Å². The van der Waals surface area contributed by atoms with E-state index in [2.05, 4.69) is 77.1 Å². The van der Waals surface area contributed by atoms with Gasteiger partial charge in [-0.1, -0.05) is 93.8 Å². The van der Waals surface area contributed by atoms with Gasteiger partial charge < -0.3 is 0 Å². The largest absolute Gasteiger partial charge is 0.0693 e. The van der Waals surface area contributed by atoms with Crippen LogP contribution in [0.4, 0.5) is 0 Å². The van der Waals surface area contributed by atoms with E-state index in [9.17, 15) is 0 Å². The summed E-state index contributed by atoms with van der Waals surface area (Å²) in [6.07, 6.45) is 0. The Morgan fingerprint density at radius 3 is 0.810 bits per heavy atom. The molecule has 0 N–H and O–H groups in total. The normalized spacial score (nSPS) is 13.6. The number of rotatable bonds is 6. The van der Waals surface area contributed by atoms with Crippen molar-refractivity contribution in [3.05, 3.63) is 34.9 Å². The van der Waals surface area contributed by atoms with E-state index in [4.69, 9.17) is 0 Å². The van der Waals surface area contributed by atoms with Crippen molar-refractivity contribution in [1.29, 1.82) is 0 Å². The second kappa shape index (κ2) is 6.55. The first kappa shape index (κ1) is 18.9. The fraction of sp³-hybridized carbons (Fsp3) is 0.667. The molecule has 0 saturated heterocycles. The van der Waals surface area contributed by atoms with Gasteiger partial charge in [-0.25, -0.2) is 0 Å². The molecule has 0 aliphatic rings. The van der Waals surface area contributed by atoms with Gasteiger partial charge in [-0.15, -0.1) is 0 Å². The Balaban J connectivity index is 3.13. The summed E-state index contributed by atoms with van der Waals surface area (Å²) in [5.41, 5.74) is 4.83. The van der Waals surface area contributed by atoms with Crippen LogP contribution in [0.15, 0.2) is 18.2 Å². The number of benzene rings is 1. The first-order valence-electron chi connectivity index (χ1n) is 8.35. The fourth-order valence-corrected chi connectivity index (χ4v) is 7.27. The zero-order chi connectivity index (χ0) is 16.5. The maximum atomic E-state index is 2.52. The highest BCUT2D eigenvalue weighted by atomic mass is 28.3. The molecule has 0 saturated carbocycles. The molecule has 0 radical (unpaired) electrons. The number of hydrogen-bond acceptors (Lipinski definition) is 0. The molecule has 0 fully saturated rings. The van der Waals surface area contributed by atoms with Gasteiger partial charge in [-0.2, -0.15) is 0 Å². The van der Waals surface area contributed by atoms with Crippen molar-refractivity contribution in [2.75, 3.05) is 0 Å². The molecule has 1 aromatic carbocycles. The summed E-state index contributed by atoms with van der Waals surface area (Å²) in [4.78, 5) is 0.